The van der Waals surface area contributed by atoms with Gasteiger partial charge in [-0.1, -0.05) is 0 Å². The van der Waals surface area contributed by atoms with Gasteiger partial charge in [-0.15, -0.1) is 0 Å². The summed E-state index contributed by atoms with van der Waals surface area (Å²) < 4.78 is 7.31. The van der Waals surface area contributed by atoms with Crippen LogP contribution in [0.2, 0.25) is 0 Å². The van der Waals surface area contributed by atoms with Crippen LogP contribution in [0.5, 0.6) is 0 Å². The van der Waals surface area contributed by atoms with Gasteiger partial charge in [0.1, 0.15) is 0 Å². The molecule has 0 radical (unpaired) electrons. The molecule has 1 aromatic heterocycles. The minimum atomic E-state index is -0.310. The van der Waals surface area contributed by atoms with E-state index in [0.717, 1.165) is 9.26 Å². The smallest absolute Gasteiger partial charge is 0.357 e. The molecule has 1 heterocycles. The number of hydrogen-bond donors (Lipinski definition) is 0. The van der Waals surface area contributed by atoms with E-state index >= 15 is 0 Å². The highest BCUT2D eigenvalue weighted by Crippen LogP contribution is 2.16. The van der Waals surface area contributed by atoms with Gasteiger partial charge in [0.25, 0.3) is 0 Å². The van der Waals surface area contributed by atoms with Gasteiger partial charge in [-0.2, -0.15) is 5.10 Å². The van der Waals surface area contributed by atoms with Crippen molar-refractivity contribution in [2.45, 2.75) is 13.8 Å². The molecule has 0 saturated heterocycles. The molecular formula is C8H11IN2O2. The van der Waals surface area contributed by atoms with Crippen LogP contribution in [0.1, 0.15) is 23.1 Å². The molecule has 0 fully saturated rings. The summed E-state index contributed by atoms with van der Waals surface area (Å²) in [6.45, 7) is 4.04. The topological polar surface area (TPSA) is 44.1 Å². The molecule has 1 aromatic rings. The number of ether oxygens (including phenoxy) is 1. The second-order valence-electron chi connectivity index (χ2n) is 2.59. The van der Waals surface area contributed by atoms with Crippen LogP contribution >= 0.6 is 22.6 Å². The van der Waals surface area contributed by atoms with Crippen molar-refractivity contribution in [2.75, 3.05) is 6.61 Å². The summed E-state index contributed by atoms with van der Waals surface area (Å²) in [5.74, 6) is -0.310. The van der Waals surface area contributed by atoms with Crippen molar-refractivity contribution >= 4 is 28.6 Å². The molecule has 0 bridgehead atoms. The van der Waals surface area contributed by atoms with Crippen LogP contribution in [0.4, 0.5) is 0 Å². The molecule has 13 heavy (non-hydrogen) atoms. The van der Waals surface area contributed by atoms with E-state index in [-0.39, 0.29) is 5.97 Å². The fourth-order valence-electron chi connectivity index (χ4n) is 1.05. The number of nitrogens with zero attached hydrogens (tertiary/aromatic N) is 2. The Morgan fingerprint density at radius 1 is 1.69 bits per heavy atom. The molecule has 0 spiro atoms. The van der Waals surface area contributed by atoms with Crippen LogP contribution in [-0.4, -0.2) is 22.4 Å². The van der Waals surface area contributed by atoms with Crippen LogP contribution in [0, 0.1) is 10.5 Å². The second-order valence-corrected chi connectivity index (χ2v) is 3.67. The van der Waals surface area contributed by atoms with Crippen molar-refractivity contribution in [3.05, 3.63) is 15.0 Å². The molecule has 0 unspecified atom stereocenters. The van der Waals surface area contributed by atoms with E-state index in [4.69, 9.17) is 4.74 Å². The predicted octanol–water partition coefficient (Wildman–Crippen LogP) is 1.51. The lowest BCUT2D eigenvalue weighted by Gasteiger charge is -2.01. The van der Waals surface area contributed by atoms with E-state index in [1.165, 1.54) is 0 Å². The standard InChI is InChI=1S/C8H11IN2O2/c1-4-13-8(12)7-6(9)5(2)10-11(7)3/h4H2,1-3H3. The third-order valence-corrected chi connectivity index (χ3v) is 2.91. The van der Waals surface area contributed by atoms with Gasteiger partial charge in [0.05, 0.1) is 15.9 Å². The number of aromatic nitrogens is 2. The average Bonchev–Trinajstić information content (AvgIpc) is 2.27. The van der Waals surface area contributed by atoms with E-state index in [1.54, 1.807) is 18.7 Å². The van der Waals surface area contributed by atoms with Crippen molar-refractivity contribution in [3.8, 4) is 0 Å². The Morgan fingerprint density at radius 2 is 2.31 bits per heavy atom. The maximum Gasteiger partial charge on any atom is 0.357 e. The molecule has 72 valence electrons. The van der Waals surface area contributed by atoms with Crippen molar-refractivity contribution < 1.29 is 9.53 Å². The van der Waals surface area contributed by atoms with Gasteiger partial charge in [-0.05, 0) is 36.4 Å². The van der Waals surface area contributed by atoms with E-state index < -0.39 is 0 Å². The van der Waals surface area contributed by atoms with Gasteiger partial charge < -0.3 is 4.74 Å². The van der Waals surface area contributed by atoms with Crippen LogP contribution < -0.4 is 0 Å². The van der Waals surface area contributed by atoms with Gasteiger partial charge in [-0.3, -0.25) is 4.68 Å². The molecule has 0 aliphatic carbocycles. The van der Waals surface area contributed by atoms with Gasteiger partial charge in [0.2, 0.25) is 0 Å². The van der Waals surface area contributed by atoms with Gasteiger partial charge >= 0.3 is 5.97 Å². The van der Waals surface area contributed by atoms with E-state index in [2.05, 4.69) is 27.7 Å². The van der Waals surface area contributed by atoms with Gasteiger partial charge in [0.15, 0.2) is 5.69 Å². The fourth-order valence-corrected chi connectivity index (χ4v) is 1.73. The van der Waals surface area contributed by atoms with Crippen molar-refractivity contribution in [1.29, 1.82) is 0 Å². The third-order valence-electron chi connectivity index (χ3n) is 1.62. The maximum absolute atomic E-state index is 11.4. The Labute approximate surface area is 90.4 Å². The monoisotopic (exact) mass is 294 g/mol. The summed E-state index contributed by atoms with van der Waals surface area (Å²) in [4.78, 5) is 11.4. The third kappa shape index (κ3) is 2.01. The van der Waals surface area contributed by atoms with E-state index in [0.29, 0.717) is 12.3 Å². The molecule has 0 atom stereocenters. The highest BCUT2D eigenvalue weighted by Gasteiger charge is 2.18. The quantitative estimate of drug-likeness (QED) is 0.613. The summed E-state index contributed by atoms with van der Waals surface area (Å²) in [7, 11) is 1.74. The highest BCUT2D eigenvalue weighted by molar-refractivity contribution is 14.1. The number of halogens is 1. The lowest BCUT2D eigenvalue weighted by Crippen LogP contribution is -2.11. The number of esters is 1. The van der Waals surface area contributed by atoms with Gasteiger partial charge in [-0.25, -0.2) is 4.79 Å². The number of carbonyl (C=O) groups excluding carboxylic acids is 1. The Bertz CT molecular complexity index is 333. The summed E-state index contributed by atoms with van der Waals surface area (Å²) in [6, 6.07) is 0. The Hall–Kier alpha value is -0.590. The second kappa shape index (κ2) is 4.08. The Morgan fingerprint density at radius 3 is 2.69 bits per heavy atom. The first-order chi connectivity index (χ1) is 6.07. The first kappa shape index (κ1) is 10.5. The molecule has 5 heteroatoms. The lowest BCUT2D eigenvalue weighted by molar-refractivity contribution is 0.0512. The van der Waals surface area contributed by atoms with Crippen LogP contribution in [0.3, 0.4) is 0 Å². The molecule has 0 aliphatic rings. The normalized spacial score (nSPS) is 10.2. The zero-order valence-corrected chi connectivity index (χ0v) is 9.95. The summed E-state index contributed by atoms with van der Waals surface area (Å²) in [5, 5.41) is 4.12. The van der Waals surface area contributed by atoms with Crippen molar-refractivity contribution in [3.63, 3.8) is 0 Å². The molecule has 0 amide bonds. The Kier molecular flexibility index (Phi) is 3.29. The number of hydrogen-bond acceptors (Lipinski definition) is 3. The first-order valence-electron chi connectivity index (χ1n) is 3.94. The van der Waals surface area contributed by atoms with Crippen LogP contribution in [0.15, 0.2) is 0 Å². The minimum Gasteiger partial charge on any atom is -0.461 e. The number of carbonyl (C=O) groups is 1. The van der Waals surface area contributed by atoms with Gasteiger partial charge in [0, 0.05) is 7.05 Å². The largest absolute Gasteiger partial charge is 0.461 e. The van der Waals surface area contributed by atoms with Crippen molar-refractivity contribution in [2.24, 2.45) is 7.05 Å². The van der Waals surface area contributed by atoms with Crippen molar-refractivity contribution in [1.82, 2.24) is 9.78 Å². The summed E-state index contributed by atoms with van der Waals surface area (Å²) in [6.07, 6.45) is 0. The van der Waals surface area contributed by atoms with Crippen LogP contribution in [-0.2, 0) is 11.8 Å². The fraction of sp³-hybridized carbons (Fsp3) is 0.500. The Balaban J connectivity index is 3.06. The van der Waals surface area contributed by atoms with E-state index in [1.807, 2.05) is 6.92 Å². The zero-order valence-electron chi connectivity index (χ0n) is 7.80. The predicted molar refractivity (Wildman–Crippen MR) is 56.6 cm³/mol. The zero-order chi connectivity index (χ0) is 10.0. The molecule has 0 N–H and O–H groups in total. The highest BCUT2D eigenvalue weighted by atomic mass is 127. The lowest BCUT2D eigenvalue weighted by atomic mass is 10.4. The SMILES string of the molecule is CCOC(=O)c1c(I)c(C)nn1C. The number of rotatable bonds is 2. The average molecular weight is 294 g/mol. The summed E-state index contributed by atoms with van der Waals surface area (Å²) >= 11 is 2.10. The molecule has 4 nitrogen and oxygen atoms in total. The molecule has 1 rings (SSSR count). The first-order valence-corrected chi connectivity index (χ1v) is 5.02. The van der Waals surface area contributed by atoms with Crippen LogP contribution in [0.25, 0.3) is 0 Å². The minimum absolute atomic E-state index is 0.310. The maximum atomic E-state index is 11.4. The van der Waals surface area contributed by atoms with E-state index in [9.17, 15) is 4.79 Å². The summed E-state index contributed by atoms with van der Waals surface area (Å²) in [5.41, 5.74) is 1.38. The molecular weight excluding hydrogens is 283 g/mol. The molecule has 0 saturated carbocycles. The molecule has 0 aliphatic heterocycles. The number of aryl methyl sites for hydroxylation is 2. The molecule has 0 aromatic carbocycles.